The lowest BCUT2D eigenvalue weighted by atomic mass is 10.3. The zero-order valence-electron chi connectivity index (χ0n) is 9.23. The van der Waals surface area contributed by atoms with Crippen molar-refractivity contribution in [1.82, 2.24) is 19.6 Å². The van der Waals surface area contributed by atoms with Gasteiger partial charge in [-0.15, -0.1) is 0 Å². The summed E-state index contributed by atoms with van der Waals surface area (Å²) in [5.41, 5.74) is 1.99. The average molecular weight is 239 g/mol. The molecule has 0 aliphatic heterocycles. The van der Waals surface area contributed by atoms with Crippen LogP contribution in [0, 0.1) is 13.8 Å². The topological polar surface area (TPSA) is 52.7 Å². The molecule has 16 heavy (non-hydrogen) atoms. The number of aromatic nitrogens is 4. The molecule has 0 bridgehead atoms. The van der Waals surface area contributed by atoms with E-state index in [2.05, 4.69) is 10.2 Å². The first-order chi connectivity index (χ1) is 7.54. The van der Waals surface area contributed by atoms with Gasteiger partial charge in [-0.3, -0.25) is 9.48 Å². The number of aryl methyl sites for hydroxylation is 2. The molecule has 0 N–H and O–H groups in total. The van der Waals surface area contributed by atoms with Gasteiger partial charge in [0.15, 0.2) is 12.1 Å². The van der Waals surface area contributed by atoms with Gasteiger partial charge < -0.3 is 0 Å². The summed E-state index contributed by atoms with van der Waals surface area (Å²) in [6.45, 7) is 3.65. The Morgan fingerprint density at radius 1 is 1.38 bits per heavy atom. The molecule has 0 saturated heterocycles. The van der Waals surface area contributed by atoms with E-state index < -0.39 is 0 Å². The Morgan fingerprint density at radius 2 is 2.06 bits per heavy atom. The van der Waals surface area contributed by atoms with Gasteiger partial charge in [0.2, 0.25) is 0 Å². The molecular formula is C10H11ClN4O. The van der Waals surface area contributed by atoms with Crippen molar-refractivity contribution in [3.8, 4) is 5.82 Å². The van der Waals surface area contributed by atoms with E-state index in [0.717, 1.165) is 17.7 Å². The highest BCUT2D eigenvalue weighted by Gasteiger charge is 2.16. The summed E-state index contributed by atoms with van der Waals surface area (Å²) < 4.78 is 3.16. The van der Waals surface area contributed by atoms with E-state index in [-0.39, 0.29) is 0 Å². The van der Waals surface area contributed by atoms with Crippen LogP contribution in [0.25, 0.3) is 5.82 Å². The molecule has 0 aliphatic carbocycles. The van der Waals surface area contributed by atoms with E-state index in [1.165, 1.54) is 0 Å². The molecule has 0 fully saturated rings. The van der Waals surface area contributed by atoms with Gasteiger partial charge in [-0.25, -0.2) is 4.68 Å². The van der Waals surface area contributed by atoms with Crippen molar-refractivity contribution in [2.45, 2.75) is 13.8 Å². The Kier molecular flexibility index (Phi) is 2.55. The lowest BCUT2D eigenvalue weighted by molar-refractivity contribution is 0.112. The number of halogens is 1. The Labute approximate surface area is 97.6 Å². The minimum atomic E-state index is 0.491. The van der Waals surface area contributed by atoms with Gasteiger partial charge in [0.1, 0.15) is 0 Å². The second-order valence-corrected chi connectivity index (χ2v) is 3.97. The number of rotatable bonds is 2. The van der Waals surface area contributed by atoms with E-state index in [1.807, 2.05) is 13.8 Å². The van der Waals surface area contributed by atoms with Crippen LogP contribution in [0.5, 0.6) is 0 Å². The molecule has 0 aliphatic rings. The SMILES string of the molecule is Cc1nn(-c2nn(C)cc2C=O)c(C)c1Cl. The molecule has 0 atom stereocenters. The van der Waals surface area contributed by atoms with E-state index in [0.29, 0.717) is 16.4 Å². The van der Waals surface area contributed by atoms with Crippen LogP contribution >= 0.6 is 11.6 Å². The number of carbonyl (C=O) groups excluding carboxylic acids is 1. The van der Waals surface area contributed by atoms with Crippen LogP contribution < -0.4 is 0 Å². The molecule has 6 heteroatoms. The van der Waals surface area contributed by atoms with Crippen molar-refractivity contribution in [3.05, 3.63) is 28.2 Å². The van der Waals surface area contributed by atoms with E-state index in [1.54, 1.807) is 22.6 Å². The van der Waals surface area contributed by atoms with Crippen LogP contribution in [0.1, 0.15) is 21.7 Å². The van der Waals surface area contributed by atoms with Crippen molar-refractivity contribution < 1.29 is 4.79 Å². The van der Waals surface area contributed by atoms with Crippen LogP contribution in [0.3, 0.4) is 0 Å². The molecule has 0 saturated carbocycles. The van der Waals surface area contributed by atoms with Crippen LogP contribution in [0.2, 0.25) is 5.02 Å². The number of carbonyl (C=O) groups is 1. The van der Waals surface area contributed by atoms with Crippen molar-refractivity contribution >= 4 is 17.9 Å². The highest BCUT2D eigenvalue weighted by atomic mass is 35.5. The summed E-state index contributed by atoms with van der Waals surface area (Å²) >= 11 is 6.04. The van der Waals surface area contributed by atoms with Gasteiger partial charge in [-0.05, 0) is 13.8 Å². The summed E-state index contributed by atoms with van der Waals surface area (Å²) in [4.78, 5) is 10.9. The standard InChI is InChI=1S/C10H11ClN4O/c1-6-9(11)7(2)15(12-6)10-8(5-16)4-14(3)13-10/h4-5H,1-3H3. The van der Waals surface area contributed by atoms with E-state index in [4.69, 9.17) is 11.6 Å². The fraction of sp³-hybridized carbons (Fsp3) is 0.300. The molecule has 0 unspecified atom stereocenters. The summed E-state index contributed by atoms with van der Waals surface area (Å²) in [5, 5.41) is 9.05. The molecule has 0 amide bonds. The first kappa shape index (κ1) is 10.9. The van der Waals surface area contributed by atoms with Gasteiger partial charge in [0.05, 0.1) is 22.0 Å². The summed E-state index contributed by atoms with van der Waals surface area (Å²) in [6, 6.07) is 0. The molecule has 2 heterocycles. The third-order valence-corrected chi connectivity index (χ3v) is 2.91. The van der Waals surface area contributed by atoms with Gasteiger partial charge in [0, 0.05) is 13.2 Å². The van der Waals surface area contributed by atoms with Crippen LogP contribution in [0.15, 0.2) is 6.20 Å². The third kappa shape index (κ3) is 1.53. The van der Waals surface area contributed by atoms with Gasteiger partial charge >= 0.3 is 0 Å². The first-order valence-electron chi connectivity index (χ1n) is 4.75. The molecule has 84 valence electrons. The van der Waals surface area contributed by atoms with Crippen molar-refractivity contribution in [2.24, 2.45) is 7.05 Å². The number of hydrogen-bond donors (Lipinski definition) is 0. The van der Waals surface area contributed by atoms with Crippen LogP contribution in [-0.2, 0) is 7.05 Å². The number of hydrogen-bond acceptors (Lipinski definition) is 3. The van der Waals surface area contributed by atoms with Crippen LogP contribution in [0.4, 0.5) is 0 Å². The van der Waals surface area contributed by atoms with Crippen molar-refractivity contribution in [3.63, 3.8) is 0 Å². The maximum absolute atomic E-state index is 10.9. The minimum absolute atomic E-state index is 0.491. The second-order valence-electron chi connectivity index (χ2n) is 3.60. The maximum Gasteiger partial charge on any atom is 0.185 e. The molecule has 0 spiro atoms. The molecule has 2 aromatic heterocycles. The first-order valence-corrected chi connectivity index (χ1v) is 5.13. The zero-order valence-corrected chi connectivity index (χ0v) is 9.99. The molecule has 0 aromatic carbocycles. The fourth-order valence-electron chi connectivity index (χ4n) is 1.57. The lowest BCUT2D eigenvalue weighted by Crippen LogP contribution is -2.03. The Bertz CT molecular complexity index is 555. The lowest BCUT2D eigenvalue weighted by Gasteiger charge is -1.99. The third-order valence-electron chi connectivity index (χ3n) is 2.37. The largest absolute Gasteiger partial charge is 0.298 e. The minimum Gasteiger partial charge on any atom is -0.298 e. The fourth-order valence-corrected chi connectivity index (χ4v) is 1.69. The predicted octanol–water partition coefficient (Wildman–Crippen LogP) is 1.69. The normalized spacial score (nSPS) is 10.8. The van der Waals surface area contributed by atoms with E-state index in [9.17, 15) is 4.79 Å². The smallest absolute Gasteiger partial charge is 0.185 e. The van der Waals surface area contributed by atoms with Gasteiger partial charge in [-0.2, -0.15) is 10.2 Å². The Morgan fingerprint density at radius 3 is 2.56 bits per heavy atom. The average Bonchev–Trinajstić information content (AvgIpc) is 2.74. The highest BCUT2D eigenvalue weighted by Crippen LogP contribution is 2.22. The molecule has 2 aromatic rings. The Balaban J connectivity index is 2.66. The molecule has 0 radical (unpaired) electrons. The van der Waals surface area contributed by atoms with Gasteiger partial charge in [-0.1, -0.05) is 11.6 Å². The molecule has 5 nitrogen and oxygen atoms in total. The molecular weight excluding hydrogens is 228 g/mol. The quantitative estimate of drug-likeness (QED) is 0.748. The zero-order chi connectivity index (χ0) is 11.9. The summed E-state index contributed by atoms with van der Waals surface area (Å²) in [6.07, 6.45) is 2.40. The van der Waals surface area contributed by atoms with Gasteiger partial charge in [0.25, 0.3) is 0 Å². The van der Waals surface area contributed by atoms with E-state index >= 15 is 0 Å². The van der Waals surface area contributed by atoms with Crippen LogP contribution in [-0.4, -0.2) is 25.8 Å². The Hall–Kier alpha value is -1.62. The monoisotopic (exact) mass is 238 g/mol. The second kappa shape index (κ2) is 3.75. The van der Waals surface area contributed by atoms with Crippen molar-refractivity contribution in [2.75, 3.05) is 0 Å². The number of nitrogens with zero attached hydrogens (tertiary/aromatic N) is 4. The summed E-state index contributed by atoms with van der Waals surface area (Å²) in [7, 11) is 1.75. The van der Waals surface area contributed by atoms with Crippen molar-refractivity contribution in [1.29, 1.82) is 0 Å². The highest BCUT2D eigenvalue weighted by molar-refractivity contribution is 6.31. The summed E-state index contributed by atoms with van der Waals surface area (Å²) in [5.74, 6) is 0.505. The predicted molar refractivity (Wildman–Crippen MR) is 60.2 cm³/mol. The molecule has 2 rings (SSSR count). The maximum atomic E-state index is 10.9. The number of aldehydes is 1.